The van der Waals surface area contributed by atoms with Gasteiger partial charge in [0.1, 0.15) is 0 Å². The molecule has 2 aromatic heterocycles. The second-order valence-electron chi connectivity index (χ2n) is 6.55. The molecule has 0 aliphatic heterocycles. The number of nitrogens with one attached hydrogen (secondary N) is 2. The first-order valence-electron chi connectivity index (χ1n) is 9.06. The molecule has 0 saturated carbocycles. The van der Waals surface area contributed by atoms with E-state index in [-0.39, 0.29) is 11.7 Å². The van der Waals surface area contributed by atoms with Gasteiger partial charge in [-0.15, -0.1) is 10.2 Å². The first-order valence-corrected chi connectivity index (χ1v) is 10.1. The summed E-state index contributed by atoms with van der Waals surface area (Å²) >= 11 is 1.31. The Hall–Kier alpha value is -3.14. The van der Waals surface area contributed by atoms with Gasteiger partial charge in [0.05, 0.1) is 24.2 Å². The van der Waals surface area contributed by atoms with Crippen LogP contribution in [0.25, 0.3) is 0 Å². The predicted octanol–water partition coefficient (Wildman–Crippen LogP) is 2.02. The van der Waals surface area contributed by atoms with E-state index in [1.54, 1.807) is 10.9 Å². The number of carbonyl (C=O) groups is 1. The Morgan fingerprint density at radius 3 is 2.76 bits per heavy atom. The molecular weight excluding hydrogens is 388 g/mol. The molecule has 0 atom stereocenters. The quantitative estimate of drug-likeness (QED) is 0.333. The minimum absolute atomic E-state index is 0.195. The maximum Gasteiger partial charge on any atom is 0.250 e. The summed E-state index contributed by atoms with van der Waals surface area (Å²) in [5.41, 5.74) is 6.46. The van der Waals surface area contributed by atoms with Gasteiger partial charge in [-0.2, -0.15) is 10.2 Å². The zero-order valence-corrected chi connectivity index (χ0v) is 17.7. The number of nitrogens with zero attached hydrogens (tertiary/aromatic N) is 6. The van der Waals surface area contributed by atoms with Gasteiger partial charge in [0.15, 0.2) is 11.0 Å². The van der Waals surface area contributed by atoms with Crippen LogP contribution in [-0.2, 0) is 25.4 Å². The summed E-state index contributed by atoms with van der Waals surface area (Å²) in [6.07, 6.45) is 3.42. The Bertz CT molecular complexity index is 1020. The Labute approximate surface area is 173 Å². The average molecular weight is 413 g/mol. The topological polar surface area (TPSA) is 102 Å². The lowest BCUT2D eigenvalue weighted by atomic mass is 10.2. The van der Waals surface area contributed by atoms with E-state index < -0.39 is 0 Å². The number of aryl methyl sites for hydroxylation is 3. The van der Waals surface area contributed by atoms with E-state index in [9.17, 15) is 4.79 Å². The number of thioether (sulfide) groups is 1. The van der Waals surface area contributed by atoms with Crippen molar-refractivity contribution in [1.29, 1.82) is 0 Å². The molecular formula is C19H24N8OS. The summed E-state index contributed by atoms with van der Waals surface area (Å²) in [4.78, 5) is 12.0. The van der Waals surface area contributed by atoms with E-state index in [1.807, 2.05) is 50.0 Å². The minimum atomic E-state index is -0.213. The van der Waals surface area contributed by atoms with Crippen LogP contribution in [0.3, 0.4) is 0 Å². The molecule has 0 radical (unpaired) electrons. The van der Waals surface area contributed by atoms with E-state index in [4.69, 9.17) is 0 Å². The summed E-state index contributed by atoms with van der Waals surface area (Å²) in [5.74, 6) is 0.775. The maximum atomic E-state index is 12.0. The van der Waals surface area contributed by atoms with Crippen molar-refractivity contribution >= 4 is 29.6 Å². The second kappa shape index (κ2) is 9.37. The van der Waals surface area contributed by atoms with Crippen LogP contribution in [0.5, 0.6) is 0 Å². The molecule has 0 saturated heterocycles. The van der Waals surface area contributed by atoms with Gasteiger partial charge in [0.2, 0.25) is 0 Å². The molecule has 10 heteroatoms. The lowest BCUT2D eigenvalue weighted by molar-refractivity contribution is -0.118. The maximum absolute atomic E-state index is 12.0. The number of hydrogen-bond donors (Lipinski definition) is 2. The molecule has 1 amide bonds. The number of benzene rings is 1. The van der Waals surface area contributed by atoms with Gasteiger partial charge < -0.3 is 9.88 Å². The fourth-order valence-electron chi connectivity index (χ4n) is 2.65. The lowest BCUT2D eigenvalue weighted by Gasteiger charge is -2.09. The standard InChI is InChI=1S/C19H24N8OS/c1-13-7-5-6-8-16(13)20-10-17-22-24-19(27(17)4)29-12-18(28)23-21-9-15-11-26(3)25-14(15)2/h5-9,11,20H,10,12H2,1-4H3,(H,23,28)/b21-9-. The molecule has 29 heavy (non-hydrogen) atoms. The summed E-state index contributed by atoms with van der Waals surface area (Å²) in [6, 6.07) is 8.07. The molecule has 9 nitrogen and oxygen atoms in total. The van der Waals surface area contributed by atoms with Crippen molar-refractivity contribution in [3.8, 4) is 0 Å². The predicted molar refractivity (Wildman–Crippen MR) is 114 cm³/mol. The molecule has 0 unspecified atom stereocenters. The van der Waals surface area contributed by atoms with Crippen LogP contribution in [0.1, 0.15) is 22.6 Å². The average Bonchev–Trinajstić information content (AvgIpc) is 3.20. The molecule has 3 aromatic rings. The van der Waals surface area contributed by atoms with Gasteiger partial charge >= 0.3 is 0 Å². The number of hydrazone groups is 1. The zero-order valence-electron chi connectivity index (χ0n) is 16.9. The van der Waals surface area contributed by atoms with Crippen molar-refractivity contribution in [1.82, 2.24) is 30.0 Å². The highest BCUT2D eigenvalue weighted by Gasteiger charge is 2.11. The smallest absolute Gasteiger partial charge is 0.250 e. The molecule has 2 heterocycles. The Morgan fingerprint density at radius 1 is 1.24 bits per heavy atom. The van der Waals surface area contributed by atoms with E-state index in [1.165, 1.54) is 17.3 Å². The molecule has 1 aromatic carbocycles. The van der Waals surface area contributed by atoms with Gasteiger partial charge in [0, 0.05) is 31.5 Å². The van der Waals surface area contributed by atoms with Crippen LogP contribution in [0.2, 0.25) is 0 Å². The summed E-state index contributed by atoms with van der Waals surface area (Å²) in [6.45, 7) is 4.49. The van der Waals surface area contributed by atoms with E-state index in [0.29, 0.717) is 11.7 Å². The largest absolute Gasteiger partial charge is 0.378 e. The van der Waals surface area contributed by atoms with Crippen LogP contribution in [0.15, 0.2) is 40.7 Å². The fraction of sp³-hybridized carbons (Fsp3) is 0.316. The normalized spacial score (nSPS) is 11.2. The summed E-state index contributed by atoms with van der Waals surface area (Å²) in [5, 5.41) is 20.6. The highest BCUT2D eigenvalue weighted by molar-refractivity contribution is 7.99. The molecule has 2 N–H and O–H groups in total. The first-order chi connectivity index (χ1) is 13.9. The number of rotatable bonds is 8. The fourth-order valence-corrected chi connectivity index (χ4v) is 3.37. The number of amides is 1. The van der Waals surface area contributed by atoms with Crippen LogP contribution in [-0.4, -0.2) is 42.4 Å². The Balaban J connectivity index is 1.49. The highest BCUT2D eigenvalue weighted by atomic mass is 32.2. The summed E-state index contributed by atoms with van der Waals surface area (Å²) in [7, 11) is 3.73. The number of aromatic nitrogens is 5. The van der Waals surface area contributed by atoms with Gasteiger partial charge in [-0.25, -0.2) is 5.43 Å². The van der Waals surface area contributed by atoms with Crippen LogP contribution < -0.4 is 10.7 Å². The molecule has 0 fully saturated rings. The van der Waals surface area contributed by atoms with Gasteiger partial charge in [-0.05, 0) is 25.5 Å². The van der Waals surface area contributed by atoms with Crippen LogP contribution >= 0.6 is 11.8 Å². The van der Waals surface area contributed by atoms with E-state index in [0.717, 1.165) is 22.8 Å². The second-order valence-corrected chi connectivity index (χ2v) is 7.49. The molecule has 3 rings (SSSR count). The van der Waals surface area contributed by atoms with E-state index >= 15 is 0 Å². The molecule has 0 aliphatic rings. The molecule has 0 spiro atoms. The van der Waals surface area contributed by atoms with Gasteiger partial charge in [0.25, 0.3) is 5.91 Å². The summed E-state index contributed by atoms with van der Waals surface area (Å²) < 4.78 is 3.58. The third-order valence-electron chi connectivity index (χ3n) is 4.28. The van der Waals surface area contributed by atoms with Gasteiger partial charge in [-0.3, -0.25) is 9.48 Å². The van der Waals surface area contributed by atoms with Crippen LogP contribution in [0, 0.1) is 13.8 Å². The van der Waals surface area contributed by atoms with Gasteiger partial charge in [-0.1, -0.05) is 30.0 Å². The van der Waals surface area contributed by atoms with Crippen molar-refractivity contribution in [2.45, 2.75) is 25.5 Å². The van der Waals surface area contributed by atoms with Crippen molar-refractivity contribution in [3.63, 3.8) is 0 Å². The molecule has 152 valence electrons. The molecule has 0 bridgehead atoms. The van der Waals surface area contributed by atoms with E-state index in [2.05, 4.69) is 44.1 Å². The number of hydrogen-bond acceptors (Lipinski definition) is 7. The third kappa shape index (κ3) is 5.44. The van der Waals surface area contributed by atoms with Crippen molar-refractivity contribution < 1.29 is 4.79 Å². The lowest BCUT2D eigenvalue weighted by Crippen LogP contribution is -2.20. The van der Waals surface area contributed by atoms with Crippen LogP contribution in [0.4, 0.5) is 5.69 Å². The first kappa shape index (κ1) is 20.6. The number of para-hydroxylation sites is 1. The zero-order chi connectivity index (χ0) is 20.8. The van der Waals surface area contributed by atoms with Crippen molar-refractivity contribution in [2.24, 2.45) is 19.2 Å². The number of anilines is 1. The SMILES string of the molecule is Cc1ccccc1NCc1nnc(SCC(=O)N/N=C\c2cn(C)nc2C)n1C. The minimum Gasteiger partial charge on any atom is -0.378 e. The monoisotopic (exact) mass is 412 g/mol. The third-order valence-corrected chi connectivity index (χ3v) is 5.30. The highest BCUT2D eigenvalue weighted by Crippen LogP contribution is 2.17. The number of carbonyl (C=O) groups excluding carboxylic acids is 1. The Kier molecular flexibility index (Phi) is 6.65. The molecule has 0 aliphatic carbocycles. The van der Waals surface area contributed by atoms with Crippen molar-refractivity contribution in [2.75, 3.05) is 11.1 Å². The van der Waals surface area contributed by atoms with Crippen molar-refractivity contribution in [3.05, 3.63) is 53.1 Å². The Morgan fingerprint density at radius 2 is 2.03 bits per heavy atom.